The molecule has 0 spiro atoms. The molecule has 0 radical (unpaired) electrons. The predicted octanol–water partition coefficient (Wildman–Crippen LogP) is 6.25. The van der Waals surface area contributed by atoms with Crippen molar-refractivity contribution in [3.63, 3.8) is 0 Å². The van der Waals surface area contributed by atoms with Crippen LogP contribution in [0.4, 0.5) is 18.0 Å². The summed E-state index contributed by atoms with van der Waals surface area (Å²) in [6.07, 6.45) is 0.231. The highest BCUT2D eigenvalue weighted by Crippen LogP contribution is 2.32. The number of rotatable bonds is 7. The number of amides is 1. The molecule has 16 heteroatoms. The van der Waals surface area contributed by atoms with Crippen molar-refractivity contribution in [2.75, 3.05) is 20.6 Å². The summed E-state index contributed by atoms with van der Waals surface area (Å²) in [4.78, 5) is 27.8. The van der Waals surface area contributed by atoms with Crippen molar-refractivity contribution in [2.24, 2.45) is 0 Å². The van der Waals surface area contributed by atoms with E-state index in [9.17, 15) is 41.0 Å². The Bertz CT molecular complexity index is 2320. The van der Waals surface area contributed by atoms with Crippen molar-refractivity contribution < 1.29 is 35.4 Å². The quantitative estimate of drug-likeness (QED) is 0.152. The first kappa shape index (κ1) is 39.7. The van der Waals surface area contributed by atoms with Gasteiger partial charge in [-0.25, -0.2) is 27.3 Å². The standard InChI is InChI=1S/C32H34F3N7O2.C6H6O3S/c1-5-42(3,4)27-15-11-24(12-16-27)38-30(43)40-29(28-17-18-37-41(28)25-13-9-22(20-36)10-14-25)21(2)39(31(40)44)26-8-6-7-23(19-26)32(33,34)35;7-10(8,9)6-4-2-1-3-5-6/h6-10,13-14,17-19,24,27H,5,11-12,15-16H2,1-4H3;1-5H,(H,7,8,9). The molecule has 1 aliphatic rings. The SMILES string of the molecule is CC[N+](C)(C)C1CCC(NC(=O)n2c(-c3ccnn3-c3ccc(C#N)cc3)c(C)n(-c3cccc(C(F)(F)F)c3)c2=O)CC1.O=S(=O)([O-])c1ccccc1. The zero-order chi connectivity index (χ0) is 39.4. The van der Waals surface area contributed by atoms with Gasteiger partial charge in [0.2, 0.25) is 0 Å². The first-order valence-corrected chi connectivity index (χ1v) is 18.6. The largest absolute Gasteiger partial charge is 0.744 e. The molecule has 1 amide bonds. The second kappa shape index (κ2) is 15.8. The lowest BCUT2D eigenvalue weighted by Gasteiger charge is -2.41. The summed E-state index contributed by atoms with van der Waals surface area (Å²) in [6, 6.07) is 21.6. The Morgan fingerprint density at radius 2 is 1.63 bits per heavy atom. The summed E-state index contributed by atoms with van der Waals surface area (Å²) < 4.78 is 76.2. The highest BCUT2D eigenvalue weighted by atomic mass is 32.2. The number of carbonyl (C=O) groups is 1. The van der Waals surface area contributed by atoms with Crippen LogP contribution in [0.2, 0.25) is 0 Å². The van der Waals surface area contributed by atoms with Gasteiger partial charge >= 0.3 is 17.9 Å². The van der Waals surface area contributed by atoms with Gasteiger partial charge in [0.1, 0.15) is 15.8 Å². The van der Waals surface area contributed by atoms with Crippen LogP contribution in [0.3, 0.4) is 0 Å². The number of aromatic nitrogens is 4. The second-order valence-corrected chi connectivity index (χ2v) is 14.9. The molecule has 0 bridgehead atoms. The molecule has 2 heterocycles. The summed E-state index contributed by atoms with van der Waals surface area (Å²) in [5.41, 5.74) is 0.156. The predicted molar refractivity (Wildman–Crippen MR) is 194 cm³/mol. The average molecular weight is 764 g/mol. The van der Waals surface area contributed by atoms with E-state index in [1.807, 2.05) is 0 Å². The number of benzene rings is 3. The molecule has 3 aromatic carbocycles. The van der Waals surface area contributed by atoms with Crippen molar-refractivity contribution in [1.82, 2.24) is 24.2 Å². The number of nitrogens with zero attached hydrogens (tertiary/aromatic N) is 6. The molecule has 5 aromatic rings. The van der Waals surface area contributed by atoms with Crippen LogP contribution < -0.4 is 11.0 Å². The molecule has 1 aliphatic carbocycles. The van der Waals surface area contributed by atoms with E-state index in [-0.39, 0.29) is 28.0 Å². The number of nitriles is 1. The maximum atomic E-state index is 14.0. The van der Waals surface area contributed by atoms with Crippen LogP contribution >= 0.6 is 0 Å². The molecule has 0 saturated heterocycles. The van der Waals surface area contributed by atoms with Gasteiger partial charge in [-0.05, 0) is 87.4 Å². The first-order chi connectivity index (χ1) is 25.5. The molecule has 1 fully saturated rings. The van der Waals surface area contributed by atoms with E-state index in [1.165, 1.54) is 47.3 Å². The van der Waals surface area contributed by atoms with Crippen LogP contribution in [0.25, 0.3) is 22.8 Å². The molecule has 12 nitrogen and oxygen atoms in total. The number of hydrogen-bond acceptors (Lipinski definition) is 7. The average Bonchev–Trinajstić information content (AvgIpc) is 3.73. The fourth-order valence-corrected chi connectivity index (χ4v) is 7.08. The summed E-state index contributed by atoms with van der Waals surface area (Å²) in [6.45, 7) is 4.74. The first-order valence-electron chi connectivity index (χ1n) is 17.2. The highest BCUT2D eigenvalue weighted by molar-refractivity contribution is 7.85. The van der Waals surface area contributed by atoms with E-state index in [0.717, 1.165) is 58.0 Å². The van der Waals surface area contributed by atoms with Crippen LogP contribution in [-0.2, 0) is 16.3 Å². The van der Waals surface area contributed by atoms with Gasteiger partial charge in [0, 0.05) is 18.9 Å². The monoisotopic (exact) mass is 763 g/mol. The van der Waals surface area contributed by atoms with Gasteiger partial charge < -0.3 is 14.4 Å². The van der Waals surface area contributed by atoms with Gasteiger partial charge in [-0.1, -0.05) is 24.3 Å². The lowest BCUT2D eigenvalue weighted by molar-refractivity contribution is -0.914. The number of nitrogens with one attached hydrogen (secondary N) is 1. The number of alkyl halides is 3. The molecular weight excluding hydrogens is 724 g/mol. The van der Waals surface area contributed by atoms with Gasteiger partial charge in [0.25, 0.3) is 0 Å². The summed E-state index contributed by atoms with van der Waals surface area (Å²) in [5, 5.41) is 16.6. The van der Waals surface area contributed by atoms with Gasteiger partial charge in [0.15, 0.2) is 0 Å². The fraction of sp³-hybridized carbons (Fsp3) is 0.316. The van der Waals surface area contributed by atoms with Crippen LogP contribution in [-0.4, -0.2) is 75.1 Å². The lowest BCUT2D eigenvalue weighted by Crippen LogP contribution is -2.52. The van der Waals surface area contributed by atoms with Crippen molar-refractivity contribution in [1.29, 1.82) is 5.26 Å². The molecule has 54 heavy (non-hydrogen) atoms. The fourth-order valence-electron chi connectivity index (χ4n) is 6.59. The normalized spacial score (nSPS) is 16.2. The molecular formula is C38H40F3N7O5S. The Morgan fingerprint density at radius 3 is 2.19 bits per heavy atom. The van der Waals surface area contributed by atoms with Crippen LogP contribution in [0, 0.1) is 18.3 Å². The number of quaternary nitrogens is 1. The van der Waals surface area contributed by atoms with Crippen LogP contribution in [0.1, 0.15) is 49.4 Å². The minimum absolute atomic E-state index is 0.0142. The Kier molecular flexibility index (Phi) is 11.7. The number of imidazole rings is 1. The Morgan fingerprint density at radius 1 is 0.981 bits per heavy atom. The molecule has 2 aromatic heterocycles. The van der Waals surface area contributed by atoms with Crippen molar-refractivity contribution in [3.05, 3.63) is 118 Å². The topological polar surface area (TPSA) is 155 Å². The molecule has 0 atom stereocenters. The molecule has 284 valence electrons. The van der Waals surface area contributed by atoms with Gasteiger partial charge in [-0.2, -0.15) is 23.5 Å². The summed E-state index contributed by atoms with van der Waals surface area (Å²) in [5.74, 6) is 0. The van der Waals surface area contributed by atoms with Crippen molar-refractivity contribution in [2.45, 2.75) is 62.7 Å². The third kappa shape index (κ3) is 8.65. The Labute approximate surface area is 311 Å². The number of hydrogen-bond donors (Lipinski definition) is 1. The second-order valence-electron chi connectivity index (χ2n) is 13.5. The summed E-state index contributed by atoms with van der Waals surface area (Å²) in [7, 11) is 0.147. The van der Waals surface area contributed by atoms with Gasteiger partial charge in [-0.15, -0.1) is 0 Å². The zero-order valence-corrected chi connectivity index (χ0v) is 30.9. The maximum Gasteiger partial charge on any atom is 0.416 e. The zero-order valence-electron chi connectivity index (χ0n) is 30.1. The Hall–Kier alpha value is -5.50. The van der Waals surface area contributed by atoms with Crippen LogP contribution in [0.15, 0.2) is 101 Å². The van der Waals surface area contributed by atoms with E-state index in [2.05, 4.69) is 37.5 Å². The molecule has 6 rings (SSSR count). The van der Waals surface area contributed by atoms with Crippen molar-refractivity contribution in [3.8, 4) is 28.8 Å². The Balaban J connectivity index is 0.000000486. The highest BCUT2D eigenvalue weighted by Gasteiger charge is 2.35. The van der Waals surface area contributed by atoms with E-state index in [1.54, 1.807) is 43.3 Å². The van der Waals surface area contributed by atoms with Gasteiger partial charge in [-0.3, -0.25) is 4.57 Å². The van der Waals surface area contributed by atoms with Gasteiger partial charge in [0.05, 0.1) is 77.7 Å². The lowest BCUT2D eigenvalue weighted by atomic mass is 9.89. The number of halogens is 3. The van der Waals surface area contributed by atoms with E-state index in [0.29, 0.717) is 23.0 Å². The molecule has 1 saturated carbocycles. The minimum atomic E-state index is -4.62. The van der Waals surface area contributed by atoms with Crippen molar-refractivity contribution >= 4 is 16.1 Å². The minimum Gasteiger partial charge on any atom is -0.744 e. The van der Waals surface area contributed by atoms with Crippen LogP contribution in [0.5, 0.6) is 0 Å². The molecule has 1 N–H and O–H groups in total. The van der Waals surface area contributed by atoms with E-state index < -0.39 is 33.6 Å². The van der Waals surface area contributed by atoms with E-state index in [4.69, 9.17) is 0 Å². The third-order valence-corrected chi connectivity index (χ3v) is 10.8. The summed E-state index contributed by atoms with van der Waals surface area (Å²) >= 11 is 0. The smallest absolute Gasteiger partial charge is 0.416 e. The number of carbonyl (C=O) groups excluding carboxylic acids is 1. The molecule has 0 unspecified atom stereocenters. The third-order valence-electron chi connectivity index (χ3n) is 9.91. The molecule has 0 aliphatic heterocycles. The van der Waals surface area contributed by atoms with E-state index >= 15 is 0 Å². The maximum absolute atomic E-state index is 14.0.